The van der Waals surface area contributed by atoms with Gasteiger partial charge in [-0.25, -0.2) is 9.59 Å². The van der Waals surface area contributed by atoms with Crippen LogP contribution in [0.4, 0.5) is 4.79 Å². The second kappa shape index (κ2) is 6.83. The predicted molar refractivity (Wildman–Crippen MR) is 64.1 cm³/mol. The first-order chi connectivity index (χ1) is 8.15. The molecule has 0 saturated carbocycles. The zero-order valence-electron chi connectivity index (χ0n) is 11.1. The molecule has 0 spiro atoms. The van der Waals surface area contributed by atoms with Gasteiger partial charge in [0.2, 0.25) is 0 Å². The van der Waals surface area contributed by atoms with Crippen LogP contribution in [0.2, 0.25) is 0 Å². The van der Waals surface area contributed by atoms with Crippen LogP contribution in [0.5, 0.6) is 0 Å². The molecule has 7 nitrogen and oxygen atoms in total. The van der Waals surface area contributed by atoms with Crippen LogP contribution in [-0.2, 0) is 14.3 Å². The number of esters is 1. The molecule has 0 aromatic rings. The number of carbonyl (C=O) groups excluding carboxylic acids is 2. The fourth-order valence-corrected chi connectivity index (χ4v) is 1.16. The van der Waals surface area contributed by atoms with Crippen molar-refractivity contribution in [1.82, 2.24) is 10.6 Å². The molecule has 3 N–H and O–H groups in total. The zero-order valence-corrected chi connectivity index (χ0v) is 11.1. The molecule has 18 heavy (non-hydrogen) atoms. The first-order valence-electron chi connectivity index (χ1n) is 5.54. The number of methoxy groups -OCH3 is 1. The van der Waals surface area contributed by atoms with Crippen LogP contribution in [0.3, 0.4) is 0 Å². The molecule has 2 amide bonds. The highest BCUT2D eigenvalue weighted by Gasteiger charge is 2.23. The Hall–Kier alpha value is -1.79. The SMILES string of the molecule is COC(=O)CC[C@@H](NC(=O)NC(C)(C)C)C(=O)O. The van der Waals surface area contributed by atoms with Gasteiger partial charge in [0.25, 0.3) is 0 Å². The molecular weight excluding hydrogens is 240 g/mol. The van der Waals surface area contributed by atoms with E-state index in [1.54, 1.807) is 20.8 Å². The third-order valence-corrected chi connectivity index (χ3v) is 1.96. The fourth-order valence-electron chi connectivity index (χ4n) is 1.16. The van der Waals surface area contributed by atoms with Crippen LogP contribution in [-0.4, -0.2) is 41.8 Å². The lowest BCUT2D eigenvalue weighted by Crippen LogP contribution is -2.51. The molecule has 0 rings (SSSR count). The van der Waals surface area contributed by atoms with E-state index in [2.05, 4.69) is 15.4 Å². The molecule has 0 saturated heterocycles. The maximum absolute atomic E-state index is 11.5. The second-order valence-corrected chi connectivity index (χ2v) is 4.85. The highest BCUT2D eigenvalue weighted by atomic mass is 16.5. The van der Waals surface area contributed by atoms with Crippen molar-refractivity contribution in [1.29, 1.82) is 0 Å². The van der Waals surface area contributed by atoms with Gasteiger partial charge in [-0.05, 0) is 27.2 Å². The maximum atomic E-state index is 11.5. The number of carboxylic acids is 1. The highest BCUT2D eigenvalue weighted by Crippen LogP contribution is 2.02. The normalized spacial score (nSPS) is 12.4. The van der Waals surface area contributed by atoms with Crippen LogP contribution >= 0.6 is 0 Å². The first kappa shape index (κ1) is 16.2. The van der Waals surface area contributed by atoms with Gasteiger partial charge in [0, 0.05) is 12.0 Å². The number of urea groups is 1. The van der Waals surface area contributed by atoms with Crippen molar-refractivity contribution in [3.05, 3.63) is 0 Å². The number of amides is 2. The van der Waals surface area contributed by atoms with Crippen molar-refractivity contribution in [3.63, 3.8) is 0 Å². The topological polar surface area (TPSA) is 105 Å². The van der Waals surface area contributed by atoms with Crippen molar-refractivity contribution in [2.45, 2.75) is 45.2 Å². The summed E-state index contributed by atoms with van der Waals surface area (Å²) in [4.78, 5) is 33.3. The zero-order chi connectivity index (χ0) is 14.3. The fraction of sp³-hybridized carbons (Fsp3) is 0.727. The summed E-state index contributed by atoms with van der Waals surface area (Å²) in [7, 11) is 1.22. The summed E-state index contributed by atoms with van der Waals surface area (Å²) in [6.07, 6.45) is -0.0805. The van der Waals surface area contributed by atoms with Crippen LogP contribution < -0.4 is 10.6 Å². The Balaban J connectivity index is 4.32. The lowest BCUT2D eigenvalue weighted by molar-refractivity contribution is -0.142. The van der Waals surface area contributed by atoms with E-state index in [4.69, 9.17) is 5.11 Å². The lowest BCUT2D eigenvalue weighted by Gasteiger charge is -2.22. The van der Waals surface area contributed by atoms with E-state index in [1.165, 1.54) is 7.11 Å². The predicted octanol–water partition coefficient (Wildman–Crippen LogP) is 0.491. The van der Waals surface area contributed by atoms with E-state index < -0.39 is 29.6 Å². The molecule has 0 bridgehead atoms. The van der Waals surface area contributed by atoms with Gasteiger partial charge in [-0.2, -0.15) is 0 Å². The van der Waals surface area contributed by atoms with Crippen molar-refractivity contribution < 1.29 is 24.2 Å². The number of hydrogen-bond donors (Lipinski definition) is 3. The highest BCUT2D eigenvalue weighted by molar-refractivity contribution is 5.83. The molecule has 0 aromatic carbocycles. The monoisotopic (exact) mass is 260 g/mol. The maximum Gasteiger partial charge on any atom is 0.326 e. The Kier molecular flexibility index (Phi) is 6.15. The molecule has 0 aliphatic carbocycles. The van der Waals surface area contributed by atoms with Gasteiger partial charge in [0.1, 0.15) is 6.04 Å². The summed E-state index contributed by atoms with van der Waals surface area (Å²) < 4.78 is 4.41. The van der Waals surface area contributed by atoms with E-state index in [0.29, 0.717) is 0 Å². The molecule has 7 heteroatoms. The molecule has 0 unspecified atom stereocenters. The standard InChI is InChI=1S/C11H20N2O5/c1-11(2,3)13-10(17)12-7(9(15)16)5-6-8(14)18-4/h7H,5-6H2,1-4H3,(H,15,16)(H2,12,13,17)/t7-/m1/s1. The molecular formula is C11H20N2O5. The molecule has 0 aliphatic heterocycles. The van der Waals surface area contributed by atoms with E-state index >= 15 is 0 Å². The minimum atomic E-state index is -1.19. The number of carboxylic acid groups (broad SMARTS) is 1. The summed E-state index contributed by atoms with van der Waals surface area (Å²) >= 11 is 0. The molecule has 0 radical (unpaired) electrons. The average molecular weight is 260 g/mol. The van der Waals surface area contributed by atoms with Crippen LogP contribution in [0.15, 0.2) is 0 Å². The van der Waals surface area contributed by atoms with Crippen LogP contribution in [0.25, 0.3) is 0 Å². The van der Waals surface area contributed by atoms with E-state index in [1.807, 2.05) is 0 Å². The average Bonchev–Trinajstić information content (AvgIpc) is 2.20. The van der Waals surface area contributed by atoms with Gasteiger partial charge >= 0.3 is 18.0 Å². The van der Waals surface area contributed by atoms with Gasteiger partial charge in [0.05, 0.1) is 7.11 Å². The van der Waals surface area contributed by atoms with E-state index in [9.17, 15) is 14.4 Å². The number of carbonyl (C=O) groups is 3. The van der Waals surface area contributed by atoms with Crippen molar-refractivity contribution in [2.75, 3.05) is 7.11 Å². The van der Waals surface area contributed by atoms with Crippen LogP contribution in [0, 0.1) is 0 Å². The van der Waals surface area contributed by atoms with Gasteiger partial charge in [-0.15, -0.1) is 0 Å². The Morgan fingerprint density at radius 2 is 1.83 bits per heavy atom. The van der Waals surface area contributed by atoms with Crippen molar-refractivity contribution in [3.8, 4) is 0 Å². The number of ether oxygens (including phenoxy) is 1. The Bertz CT molecular complexity index is 322. The summed E-state index contributed by atoms with van der Waals surface area (Å²) in [5.41, 5.74) is -0.463. The first-order valence-corrected chi connectivity index (χ1v) is 5.54. The van der Waals surface area contributed by atoms with Crippen molar-refractivity contribution in [2.24, 2.45) is 0 Å². The van der Waals surface area contributed by atoms with Gasteiger partial charge < -0.3 is 20.5 Å². The minimum absolute atomic E-state index is 0.0143. The summed E-state index contributed by atoms with van der Waals surface area (Å²) in [5.74, 6) is -1.71. The number of rotatable bonds is 5. The number of aliphatic carboxylic acids is 1. The molecule has 1 atom stereocenters. The largest absolute Gasteiger partial charge is 0.480 e. The van der Waals surface area contributed by atoms with Gasteiger partial charge in [0.15, 0.2) is 0 Å². The molecule has 0 aliphatic rings. The second-order valence-electron chi connectivity index (χ2n) is 4.85. The number of hydrogen-bond acceptors (Lipinski definition) is 4. The molecule has 0 fully saturated rings. The molecule has 0 heterocycles. The van der Waals surface area contributed by atoms with E-state index in [-0.39, 0.29) is 12.8 Å². The lowest BCUT2D eigenvalue weighted by atomic mass is 10.1. The van der Waals surface area contributed by atoms with E-state index in [0.717, 1.165) is 0 Å². The third-order valence-electron chi connectivity index (χ3n) is 1.96. The van der Waals surface area contributed by atoms with Gasteiger partial charge in [-0.1, -0.05) is 0 Å². The van der Waals surface area contributed by atoms with Crippen molar-refractivity contribution >= 4 is 18.0 Å². The molecule has 0 aromatic heterocycles. The Labute approximate surface area is 106 Å². The smallest absolute Gasteiger partial charge is 0.326 e. The van der Waals surface area contributed by atoms with Crippen LogP contribution in [0.1, 0.15) is 33.6 Å². The van der Waals surface area contributed by atoms with Gasteiger partial charge in [-0.3, -0.25) is 4.79 Å². The minimum Gasteiger partial charge on any atom is -0.480 e. The summed E-state index contributed by atoms with van der Waals surface area (Å²) in [6, 6.07) is -1.70. The summed E-state index contributed by atoms with van der Waals surface area (Å²) in [5, 5.41) is 13.8. The number of nitrogens with one attached hydrogen (secondary N) is 2. The third kappa shape index (κ3) is 7.48. The molecule has 104 valence electrons. The summed E-state index contributed by atoms with van der Waals surface area (Å²) in [6.45, 7) is 5.32. The quantitative estimate of drug-likeness (QED) is 0.624. The Morgan fingerprint density at radius 3 is 2.22 bits per heavy atom. The Morgan fingerprint density at radius 1 is 1.28 bits per heavy atom.